The van der Waals surface area contributed by atoms with Gasteiger partial charge in [-0.2, -0.15) is 0 Å². The van der Waals surface area contributed by atoms with Gasteiger partial charge in [-0.1, -0.05) is 12.1 Å². The van der Waals surface area contributed by atoms with Gasteiger partial charge >= 0.3 is 0 Å². The van der Waals surface area contributed by atoms with E-state index in [-0.39, 0.29) is 19.3 Å². The van der Waals surface area contributed by atoms with Gasteiger partial charge in [-0.3, -0.25) is 4.79 Å². The second-order valence-corrected chi connectivity index (χ2v) is 6.08. The van der Waals surface area contributed by atoms with E-state index in [1.807, 2.05) is 30.0 Å². The third kappa shape index (κ3) is 3.75. The normalized spacial score (nSPS) is 18.2. The molecule has 124 valence electrons. The van der Waals surface area contributed by atoms with Crippen LogP contribution in [-0.4, -0.2) is 43.0 Å². The van der Waals surface area contributed by atoms with Crippen LogP contribution < -0.4 is 9.47 Å². The number of hydrogen-bond donors (Lipinski definition) is 0. The van der Waals surface area contributed by atoms with Crippen molar-refractivity contribution in [3.05, 3.63) is 23.8 Å². The van der Waals surface area contributed by atoms with E-state index in [1.54, 1.807) is 0 Å². The molecule has 6 heteroatoms. The second-order valence-electron chi connectivity index (χ2n) is 6.08. The molecule has 0 unspecified atom stereocenters. The highest BCUT2D eigenvalue weighted by molar-refractivity contribution is 5.99. The molecule has 0 saturated carbocycles. The van der Waals surface area contributed by atoms with Gasteiger partial charge in [-0.05, 0) is 43.9 Å². The number of carbonyl (C=O) groups excluding carboxylic acids is 1. The highest BCUT2D eigenvalue weighted by Gasteiger charge is 2.20. The van der Waals surface area contributed by atoms with E-state index in [0.717, 1.165) is 37.2 Å². The molecule has 23 heavy (non-hydrogen) atoms. The maximum Gasteiger partial charge on any atom is 0.263 e. The molecule has 1 aromatic carbocycles. The summed E-state index contributed by atoms with van der Waals surface area (Å²) in [5.74, 6) is 2.14. The highest BCUT2D eigenvalue weighted by Crippen LogP contribution is 2.32. The molecular weight excluding hydrogens is 296 g/mol. The number of piperidine rings is 1. The van der Waals surface area contributed by atoms with E-state index in [9.17, 15) is 4.79 Å². The minimum Gasteiger partial charge on any atom is -0.454 e. The van der Waals surface area contributed by atoms with Crippen molar-refractivity contribution < 1.29 is 19.1 Å². The Balaban J connectivity index is 1.52. The standard InChI is InChI=1S/C17H22N2O4/c1-12-5-7-19(8-6-12)17(20)10-23-18-13(2)14-3-4-15-16(9-14)22-11-21-15/h3-4,9,12H,5-8,10-11H2,1-2H3/b18-13+. The topological polar surface area (TPSA) is 60.4 Å². The van der Waals surface area contributed by atoms with Gasteiger partial charge in [0.1, 0.15) is 0 Å². The Morgan fingerprint density at radius 1 is 1.30 bits per heavy atom. The Morgan fingerprint density at radius 2 is 2.04 bits per heavy atom. The largest absolute Gasteiger partial charge is 0.454 e. The van der Waals surface area contributed by atoms with Gasteiger partial charge in [-0.15, -0.1) is 0 Å². The average molecular weight is 318 g/mol. The Kier molecular flexibility index (Phi) is 4.69. The van der Waals surface area contributed by atoms with E-state index in [4.69, 9.17) is 14.3 Å². The van der Waals surface area contributed by atoms with Gasteiger partial charge in [0, 0.05) is 18.7 Å². The molecule has 3 rings (SSSR count). The first-order chi connectivity index (χ1) is 11.1. The van der Waals surface area contributed by atoms with Crippen LogP contribution in [0.15, 0.2) is 23.4 Å². The first-order valence-electron chi connectivity index (χ1n) is 7.98. The fourth-order valence-corrected chi connectivity index (χ4v) is 2.71. The number of oxime groups is 1. The quantitative estimate of drug-likeness (QED) is 0.632. The number of ether oxygens (including phenoxy) is 2. The predicted octanol–water partition coefficient (Wildman–Crippen LogP) is 2.41. The van der Waals surface area contributed by atoms with Crippen LogP contribution in [0.25, 0.3) is 0 Å². The van der Waals surface area contributed by atoms with Gasteiger partial charge < -0.3 is 19.2 Å². The second kappa shape index (κ2) is 6.89. The number of fused-ring (bicyclic) bond motifs is 1. The molecule has 1 fully saturated rings. The lowest BCUT2D eigenvalue weighted by Gasteiger charge is -2.29. The molecule has 6 nitrogen and oxygen atoms in total. The fourth-order valence-electron chi connectivity index (χ4n) is 2.71. The lowest BCUT2D eigenvalue weighted by molar-refractivity contribution is -0.137. The minimum atomic E-state index is -0.0176. The van der Waals surface area contributed by atoms with E-state index < -0.39 is 0 Å². The van der Waals surface area contributed by atoms with Crippen molar-refractivity contribution in [3.8, 4) is 11.5 Å². The Bertz CT molecular complexity index is 607. The number of rotatable bonds is 4. The molecule has 0 atom stereocenters. The summed E-state index contributed by atoms with van der Waals surface area (Å²) in [5, 5.41) is 4.04. The first-order valence-corrected chi connectivity index (χ1v) is 7.98. The Morgan fingerprint density at radius 3 is 2.83 bits per heavy atom. The van der Waals surface area contributed by atoms with Crippen molar-refractivity contribution in [2.24, 2.45) is 11.1 Å². The number of amides is 1. The van der Waals surface area contributed by atoms with E-state index >= 15 is 0 Å². The fraction of sp³-hybridized carbons (Fsp3) is 0.529. The van der Waals surface area contributed by atoms with E-state index in [2.05, 4.69) is 12.1 Å². The highest BCUT2D eigenvalue weighted by atomic mass is 16.7. The van der Waals surface area contributed by atoms with Crippen LogP contribution >= 0.6 is 0 Å². The van der Waals surface area contributed by atoms with Gasteiger partial charge in [0.05, 0.1) is 5.71 Å². The smallest absolute Gasteiger partial charge is 0.263 e. The van der Waals surface area contributed by atoms with Crippen LogP contribution in [0.1, 0.15) is 32.3 Å². The molecule has 1 aromatic rings. The van der Waals surface area contributed by atoms with Crippen LogP contribution in [0.2, 0.25) is 0 Å². The summed E-state index contributed by atoms with van der Waals surface area (Å²) in [5.41, 5.74) is 1.58. The summed E-state index contributed by atoms with van der Waals surface area (Å²) < 4.78 is 10.6. The molecule has 2 aliphatic heterocycles. The maximum atomic E-state index is 12.1. The number of carbonyl (C=O) groups is 1. The van der Waals surface area contributed by atoms with Crippen LogP contribution in [0.3, 0.4) is 0 Å². The van der Waals surface area contributed by atoms with Crippen LogP contribution in [0.4, 0.5) is 0 Å². The Hall–Kier alpha value is -2.24. The van der Waals surface area contributed by atoms with Crippen molar-refractivity contribution in [1.82, 2.24) is 4.90 Å². The number of nitrogens with zero attached hydrogens (tertiary/aromatic N) is 2. The van der Waals surface area contributed by atoms with E-state index in [1.165, 1.54) is 0 Å². The summed E-state index contributed by atoms with van der Waals surface area (Å²) in [7, 11) is 0. The summed E-state index contributed by atoms with van der Waals surface area (Å²) in [4.78, 5) is 19.2. The number of likely N-dealkylation sites (tertiary alicyclic amines) is 1. The minimum absolute atomic E-state index is 0.000799. The average Bonchev–Trinajstić information content (AvgIpc) is 3.02. The zero-order valence-corrected chi connectivity index (χ0v) is 13.6. The molecule has 2 aliphatic rings. The first kappa shape index (κ1) is 15.6. The van der Waals surface area contributed by atoms with Crippen LogP contribution in [0, 0.1) is 5.92 Å². The summed E-state index contributed by atoms with van der Waals surface area (Å²) in [6.45, 7) is 5.91. The molecule has 1 saturated heterocycles. The lowest BCUT2D eigenvalue weighted by Crippen LogP contribution is -2.39. The van der Waals surface area contributed by atoms with E-state index in [0.29, 0.717) is 17.4 Å². The summed E-state index contributed by atoms with van der Waals surface area (Å²) in [6.07, 6.45) is 2.12. The van der Waals surface area contributed by atoms with Crippen molar-refractivity contribution in [3.63, 3.8) is 0 Å². The third-order valence-electron chi connectivity index (χ3n) is 4.32. The molecule has 0 aromatic heterocycles. The number of benzene rings is 1. The maximum absolute atomic E-state index is 12.1. The summed E-state index contributed by atoms with van der Waals surface area (Å²) in [6, 6.07) is 5.60. The molecule has 2 heterocycles. The Labute approximate surface area is 136 Å². The van der Waals surface area contributed by atoms with Crippen molar-refractivity contribution in [1.29, 1.82) is 0 Å². The van der Waals surface area contributed by atoms with Crippen LogP contribution in [0.5, 0.6) is 11.5 Å². The number of hydrogen-bond acceptors (Lipinski definition) is 5. The van der Waals surface area contributed by atoms with Crippen LogP contribution in [-0.2, 0) is 9.63 Å². The molecule has 0 bridgehead atoms. The molecule has 0 aliphatic carbocycles. The van der Waals surface area contributed by atoms with Crippen molar-refractivity contribution >= 4 is 11.6 Å². The SMILES string of the molecule is C/C(=N\OCC(=O)N1CCC(C)CC1)c1ccc2c(c1)OCO2. The zero-order valence-electron chi connectivity index (χ0n) is 13.6. The zero-order chi connectivity index (χ0) is 16.2. The lowest BCUT2D eigenvalue weighted by atomic mass is 9.99. The monoisotopic (exact) mass is 318 g/mol. The third-order valence-corrected chi connectivity index (χ3v) is 4.32. The van der Waals surface area contributed by atoms with Gasteiger partial charge in [-0.25, -0.2) is 0 Å². The molecule has 0 radical (unpaired) electrons. The van der Waals surface area contributed by atoms with Crippen molar-refractivity contribution in [2.75, 3.05) is 26.5 Å². The molecule has 0 spiro atoms. The molecule has 1 amide bonds. The van der Waals surface area contributed by atoms with Gasteiger partial charge in [0.2, 0.25) is 6.79 Å². The van der Waals surface area contributed by atoms with Crippen molar-refractivity contribution in [2.45, 2.75) is 26.7 Å². The summed E-state index contributed by atoms with van der Waals surface area (Å²) >= 11 is 0. The predicted molar refractivity (Wildman–Crippen MR) is 85.7 cm³/mol. The van der Waals surface area contributed by atoms with Gasteiger partial charge in [0.15, 0.2) is 18.1 Å². The molecular formula is C17H22N2O4. The molecule has 0 N–H and O–H groups in total. The van der Waals surface area contributed by atoms with Gasteiger partial charge in [0.25, 0.3) is 5.91 Å².